The van der Waals surface area contributed by atoms with Gasteiger partial charge in [0.1, 0.15) is 0 Å². The third kappa shape index (κ3) is 3.35. The largest absolute Gasteiger partial charge is 0.481 e. The average molecular weight is 326 g/mol. The monoisotopic (exact) mass is 325 g/mol. The van der Waals surface area contributed by atoms with Gasteiger partial charge in [0.15, 0.2) is 0 Å². The van der Waals surface area contributed by atoms with Crippen LogP contribution in [0.25, 0.3) is 0 Å². The second-order valence-corrected chi connectivity index (χ2v) is 6.56. The van der Waals surface area contributed by atoms with E-state index in [0.29, 0.717) is 12.3 Å². The molecule has 1 aromatic heterocycles. The summed E-state index contributed by atoms with van der Waals surface area (Å²) in [6, 6.07) is 1.98. The fourth-order valence-electron chi connectivity index (χ4n) is 3.21. The molecule has 1 fully saturated rings. The van der Waals surface area contributed by atoms with Gasteiger partial charge in [-0.3, -0.25) is 9.78 Å². The number of pyridine rings is 1. The highest BCUT2D eigenvalue weighted by Gasteiger charge is 2.42. The molecule has 2 rings (SSSR count). The fourth-order valence-corrected chi connectivity index (χ4v) is 3.62. The Kier molecular flexibility index (Phi) is 4.61. The van der Waals surface area contributed by atoms with E-state index in [1.54, 1.807) is 12.4 Å². The summed E-state index contributed by atoms with van der Waals surface area (Å²) < 4.78 is 0.911. The zero-order valence-electron chi connectivity index (χ0n) is 11.2. The molecule has 19 heavy (non-hydrogen) atoms. The van der Waals surface area contributed by atoms with Crippen molar-refractivity contribution in [1.29, 1.82) is 0 Å². The highest BCUT2D eigenvalue weighted by atomic mass is 79.9. The quantitative estimate of drug-likeness (QED) is 0.908. The predicted molar refractivity (Wildman–Crippen MR) is 78.0 cm³/mol. The van der Waals surface area contributed by atoms with Crippen LogP contribution in [0.15, 0.2) is 22.9 Å². The first-order valence-corrected chi connectivity index (χ1v) is 7.68. The van der Waals surface area contributed by atoms with Crippen molar-refractivity contribution in [1.82, 2.24) is 4.98 Å². The highest BCUT2D eigenvalue weighted by Crippen LogP contribution is 2.43. The van der Waals surface area contributed by atoms with Crippen LogP contribution in [0, 0.1) is 11.3 Å². The molecule has 4 heteroatoms. The average Bonchev–Trinajstić information content (AvgIpc) is 2.38. The summed E-state index contributed by atoms with van der Waals surface area (Å²) in [6.45, 7) is 2.16. The normalized spacial score (nSPS) is 27.2. The van der Waals surface area contributed by atoms with E-state index in [0.717, 1.165) is 35.7 Å². The third-order valence-corrected chi connectivity index (χ3v) is 4.72. The standard InChI is InChI=1S/C15H20BrNO2/c1-2-11-4-3-5-15(7-11,14(18)19)8-12-6-13(16)10-17-9-12/h6,9-11H,2-5,7-8H2,1H3,(H,18,19). The van der Waals surface area contributed by atoms with E-state index in [1.165, 1.54) is 6.42 Å². The second-order valence-electron chi connectivity index (χ2n) is 5.64. The number of hydrogen-bond donors (Lipinski definition) is 1. The Morgan fingerprint density at radius 2 is 2.37 bits per heavy atom. The minimum atomic E-state index is -0.648. The number of halogens is 1. The van der Waals surface area contributed by atoms with Crippen LogP contribution >= 0.6 is 15.9 Å². The Labute approximate surface area is 122 Å². The molecular weight excluding hydrogens is 306 g/mol. The Bertz CT molecular complexity index is 463. The Morgan fingerprint density at radius 1 is 1.58 bits per heavy atom. The number of aromatic nitrogens is 1. The molecule has 0 saturated heterocycles. The fraction of sp³-hybridized carbons (Fsp3) is 0.600. The minimum absolute atomic E-state index is 0.546. The summed E-state index contributed by atoms with van der Waals surface area (Å²) in [5.74, 6) is -0.101. The predicted octanol–water partition coefficient (Wildman–Crippen LogP) is 4.06. The molecule has 0 bridgehead atoms. The molecule has 1 heterocycles. The molecule has 0 amide bonds. The van der Waals surface area contributed by atoms with Crippen LogP contribution < -0.4 is 0 Å². The second kappa shape index (κ2) is 6.04. The number of aliphatic carboxylic acids is 1. The maximum absolute atomic E-state index is 11.8. The van der Waals surface area contributed by atoms with Crippen molar-refractivity contribution in [2.45, 2.75) is 45.4 Å². The van der Waals surface area contributed by atoms with Crippen molar-refractivity contribution in [2.75, 3.05) is 0 Å². The number of rotatable bonds is 4. The van der Waals surface area contributed by atoms with E-state index in [1.807, 2.05) is 6.07 Å². The number of carbonyl (C=O) groups is 1. The Balaban J connectivity index is 2.22. The number of nitrogens with zero attached hydrogens (tertiary/aromatic N) is 1. The molecule has 2 atom stereocenters. The SMILES string of the molecule is CCC1CCCC(Cc2cncc(Br)c2)(C(=O)O)C1. The van der Waals surface area contributed by atoms with Crippen LogP contribution in [0.5, 0.6) is 0 Å². The lowest BCUT2D eigenvalue weighted by Gasteiger charge is -2.37. The molecule has 0 aromatic carbocycles. The van der Waals surface area contributed by atoms with Crippen molar-refractivity contribution in [3.8, 4) is 0 Å². The lowest BCUT2D eigenvalue weighted by atomic mass is 9.66. The van der Waals surface area contributed by atoms with Crippen molar-refractivity contribution in [3.63, 3.8) is 0 Å². The zero-order valence-corrected chi connectivity index (χ0v) is 12.8. The maximum Gasteiger partial charge on any atom is 0.309 e. The number of hydrogen-bond acceptors (Lipinski definition) is 2. The van der Waals surface area contributed by atoms with Gasteiger partial charge >= 0.3 is 5.97 Å². The van der Waals surface area contributed by atoms with E-state index in [9.17, 15) is 9.90 Å². The Hall–Kier alpha value is -0.900. The van der Waals surface area contributed by atoms with Crippen molar-refractivity contribution >= 4 is 21.9 Å². The summed E-state index contributed by atoms with van der Waals surface area (Å²) in [6.07, 6.45) is 8.94. The summed E-state index contributed by atoms with van der Waals surface area (Å²) in [5.41, 5.74) is 0.412. The molecule has 0 spiro atoms. The van der Waals surface area contributed by atoms with Crippen LogP contribution in [0.1, 0.15) is 44.6 Å². The van der Waals surface area contributed by atoms with E-state index < -0.39 is 11.4 Å². The summed E-state index contributed by atoms with van der Waals surface area (Å²) in [7, 11) is 0. The smallest absolute Gasteiger partial charge is 0.309 e. The van der Waals surface area contributed by atoms with Gasteiger partial charge in [-0.05, 0) is 52.7 Å². The molecule has 1 aliphatic rings. The van der Waals surface area contributed by atoms with Crippen LogP contribution in [-0.2, 0) is 11.2 Å². The number of carboxylic acid groups (broad SMARTS) is 1. The first kappa shape index (κ1) is 14.5. The van der Waals surface area contributed by atoms with Gasteiger partial charge in [-0.2, -0.15) is 0 Å². The van der Waals surface area contributed by atoms with Gasteiger partial charge in [-0.1, -0.05) is 26.2 Å². The highest BCUT2D eigenvalue weighted by molar-refractivity contribution is 9.10. The van der Waals surface area contributed by atoms with Gasteiger partial charge in [-0.25, -0.2) is 0 Å². The van der Waals surface area contributed by atoms with Gasteiger partial charge in [0.2, 0.25) is 0 Å². The van der Waals surface area contributed by atoms with Crippen molar-refractivity contribution in [3.05, 3.63) is 28.5 Å². The van der Waals surface area contributed by atoms with Crippen molar-refractivity contribution in [2.24, 2.45) is 11.3 Å². The van der Waals surface area contributed by atoms with E-state index in [4.69, 9.17) is 0 Å². The van der Waals surface area contributed by atoms with Crippen LogP contribution in [0.4, 0.5) is 0 Å². The summed E-state index contributed by atoms with van der Waals surface area (Å²) in [4.78, 5) is 15.9. The molecule has 1 aromatic rings. The molecule has 1 N–H and O–H groups in total. The van der Waals surface area contributed by atoms with Crippen LogP contribution in [0.3, 0.4) is 0 Å². The molecular formula is C15H20BrNO2. The van der Waals surface area contributed by atoms with E-state index in [2.05, 4.69) is 27.8 Å². The van der Waals surface area contributed by atoms with Crippen molar-refractivity contribution < 1.29 is 9.90 Å². The number of carboxylic acids is 1. The van der Waals surface area contributed by atoms with Gasteiger partial charge in [0.05, 0.1) is 5.41 Å². The zero-order chi connectivity index (χ0) is 13.9. The molecule has 1 aliphatic carbocycles. The maximum atomic E-state index is 11.8. The third-order valence-electron chi connectivity index (χ3n) is 4.28. The van der Waals surface area contributed by atoms with Gasteiger partial charge in [-0.15, -0.1) is 0 Å². The van der Waals surface area contributed by atoms with Crippen LogP contribution in [-0.4, -0.2) is 16.1 Å². The molecule has 0 aliphatic heterocycles. The van der Waals surface area contributed by atoms with E-state index in [-0.39, 0.29) is 0 Å². The summed E-state index contributed by atoms with van der Waals surface area (Å²) in [5, 5.41) is 9.70. The van der Waals surface area contributed by atoms with Gasteiger partial charge in [0, 0.05) is 16.9 Å². The van der Waals surface area contributed by atoms with Gasteiger partial charge < -0.3 is 5.11 Å². The molecule has 3 nitrogen and oxygen atoms in total. The lowest BCUT2D eigenvalue weighted by molar-refractivity contribution is -0.152. The van der Waals surface area contributed by atoms with Gasteiger partial charge in [0.25, 0.3) is 0 Å². The topological polar surface area (TPSA) is 50.2 Å². The first-order valence-electron chi connectivity index (χ1n) is 6.88. The van der Waals surface area contributed by atoms with Crippen LogP contribution in [0.2, 0.25) is 0 Å². The molecule has 104 valence electrons. The van der Waals surface area contributed by atoms with E-state index >= 15 is 0 Å². The summed E-state index contributed by atoms with van der Waals surface area (Å²) >= 11 is 3.40. The molecule has 2 unspecified atom stereocenters. The minimum Gasteiger partial charge on any atom is -0.481 e. The molecule has 0 radical (unpaired) electrons. The lowest BCUT2D eigenvalue weighted by Crippen LogP contribution is -2.38. The first-order chi connectivity index (χ1) is 9.05. The Morgan fingerprint density at radius 3 is 3.00 bits per heavy atom. The molecule has 1 saturated carbocycles.